The lowest BCUT2D eigenvalue weighted by molar-refractivity contribution is 0.724. The Balaban J connectivity index is 2.09. The normalized spacial score (nSPS) is 14.9. The Labute approximate surface area is 91.7 Å². The molecule has 0 unspecified atom stereocenters. The molecule has 0 saturated carbocycles. The maximum atomic E-state index is 4.23. The molecule has 0 N–H and O–H groups in total. The Kier molecular flexibility index (Phi) is 2.17. The van der Waals surface area contributed by atoms with Crippen LogP contribution in [0.2, 0.25) is 0 Å². The Morgan fingerprint density at radius 1 is 1.33 bits per heavy atom. The highest BCUT2D eigenvalue weighted by Gasteiger charge is 2.16. The molecule has 0 saturated heterocycles. The number of hydrogen-bond donors (Lipinski definition) is 0. The number of pyridine rings is 1. The van der Waals surface area contributed by atoms with Crippen LogP contribution in [-0.4, -0.2) is 25.5 Å². The van der Waals surface area contributed by atoms with Gasteiger partial charge in [0, 0.05) is 30.3 Å². The lowest BCUT2D eigenvalue weighted by Gasteiger charge is -2.14. The van der Waals surface area contributed by atoms with E-state index >= 15 is 0 Å². The highest BCUT2D eigenvalue weighted by atomic mass is 32.2. The highest BCUT2D eigenvalue weighted by Crippen LogP contribution is 2.23. The van der Waals surface area contributed by atoms with E-state index in [4.69, 9.17) is 0 Å². The first-order chi connectivity index (χ1) is 7.45. The molecule has 5 heteroatoms. The van der Waals surface area contributed by atoms with Gasteiger partial charge < -0.3 is 4.57 Å². The van der Waals surface area contributed by atoms with Crippen LogP contribution in [0.15, 0.2) is 24.5 Å². The zero-order chi connectivity index (χ0) is 10.1. The van der Waals surface area contributed by atoms with Gasteiger partial charge in [-0.15, -0.1) is 10.2 Å². The molecule has 0 fully saturated rings. The predicted octanol–water partition coefficient (Wildman–Crippen LogP) is 1.59. The van der Waals surface area contributed by atoms with Gasteiger partial charge in [-0.3, -0.25) is 4.98 Å². The van der Waals surface area contributed by atoms with Crippen LogP contribution < -0.4 is 0 Å². The zero-order valence-corrected chi connectivity index (χ0v) is 8.94. The molecule has 2 aromatic rings. The van der Waals surface area contributed by atoms with Crippen molar-refractivity contribution in [1.82, 2.24) is 19.7 Å². The highest BCUT2D eigenvalue weighted by molar-refractivity contribution is 7.98. The van der Waals surface area contributed by atoms with Crippen LogP contribution in [0.5, 0.6) is 0 Å². The van der Waals surface area contributed by atoms with Crippen LogP contribution in [-0.2, 0) is 12.3 Å². The standard InChI is InChI=1S/C10H10N4S/c1-2-8(6-11-3-1)10-13-12-9-7-15-5-4-14(9)10/h1-3,6H,4-5,7H2. The first-order valence-electron chi connectivity index (χ1n) is 4.85. The van der Waals surface area contributed by atoms with Gasteiger partial charge in [0.25, 0.3) is 0 Å². The summed E-state index contributed by atoms with van der Waals surface area (Å²) >= 11 is 1.91. The van der Waals surface area contributed by atoms with E-state index in [0.29, 0.717) is 0 Å². The SMILES string of the molecule is c1cncc(-c2nnc3n2CCSC3)c1. The van der Waals surface area contributed by atoms with Crippen LogP contribution in [0.25, 0.3) is 11.4 Å². The molecular formula is C10H10N4S. The molecule has 1 aliphatic rings. The zero-order valence-electron chi connectivity index (χ0n) is 8.13. The number of hydrogen-bond acceptors (Lipinski definition) is 4. The number of aromatic nitrogens is 4. The summed E-state index contributed by atoms with van der Waals surface area (Å²) in [6, 6.07) is 3.95. The van der Waals surface area contributed by atoms with Gasteiger partial charge in [-0.1, -0.05) is 0 Å². The van der Waals surface area contributed by atoms with Crippen LogP contribution in [0, 0.1) is 0 Å². The average molecular weight is 218 g/mol. The Bertz CT molecular complexity index is 466. The predicted molar refractivity (Wildman–Crippen MR) is 59.4 cm³/mol. The van der Waals surface area contributed by atoms with Crippen molar-refractivity contribution in [3.63, 3.8) is 0 Å². The van der Waals surface area contributed by atoms with Crippen molar-refractivity contribution < 1.29 is 0 Å². The summed E-state index contributed by atoms with van der Waals surface area (Å²) in [5, 5.41) is 8.43. The van der Waals surface area contributed by atoms with Gasteiger partial charge in [0.15, 0.2) is 5.82 Å². The van der Waals surface area contributed by atoms with Gasteiger partial charge >= 0.3 is 0 Å². The van der Waals surface area contributed by atoms with Crippen LogP contribution in [0.1, 0.15) is 5.82 Å². The monoisotopic (exact) mass is 218 g/mol. The summed E-state index contributed by atoms with van der Waals surface area (Å²) in [6.45, 7) is 0.997. The minimum atomic E-state index is 0.943. The smallest absolute Gasteiger partial charge is 0.165 e. The number of nitrogens with zero attached hydrogens (tertiary/aromatic N) is 4. The molecule has 0 radical (unpaired) electrons. The Morgan fingerprint density at radius 3 is 3.20 bits per heavy atom. The third-order valence-electron chi connectivity index (χ3n) is 2.44. The fraction of sp³-hybridized carbons (Fsp3) is 0.300. The minimum absolute atomic E-state index is 0.943. The summed E-state index contributed by atoms with van der Waals surface area (Å²) in [4.78, 5) is 4.10. The summed E-state index contributed by atoms with van der Waals surface area (Å²) in [6.07, 6.45) is 3.60. The van der Waals surface area contributed by atoms with E-state index in [1.54, 1.807) is 6.20 Å². The van der Waals surface area contributed by atoms with Crippen molar-refractivity contribution in [2.45, 2.75) is 12.3 Å². The molecule has 0 atom stereocenters. The van der Waals surface area contributed by atoms with Crippen LogP contribution in [0.3, 0.4) is 0 Å². The molecule has 1 aliphatic heterocycles. The molecule has 3 heterocycles. The van der Waals surface area contributed by atoms with Gasteiger partial charge in [-0.2, -0.15) is 11.8 Å². The molecule has 0 bridgehead atoms. The van der Waals surface area contributed by atoms with Crippen molar-refractivity contribution in [3.8, 4) is 11.4 Å². The second kappa shape index (κ2) is 3.66. The number of fused-ring (bicyclic) bond motifs is 1. The number of rotatable bonds is 1. The largest absolute Gasteiger partial charge is 0.309 e. The molecule has 0 aromatic carbocycles. The molecular weight excluding hydrogens is 208 g/mol. The average Bonchev–Trinajstić information content (AvgIpc) is 2.74. The fourth-order valence-corrected chi connectivity index (χ4v) is 2.56. The fourth-order valence-electron chi connectivity index (χ4n) is 1.70. The second-order valence-corrected chi connectivity index (χ2v) is 4.49. The van der Waals surface area contributed by atoms with E-state index in [0.717, 1.165) is 35.3 Å². The van der Waals surface area contributed by atoms with Crippen molar-refractivity contribution >= 4 is 11.8 Å². The van der Waals surface area contributed by atoms with Crippen LogP contribution >= 0.6 is 11.8 Å². The topological polar surface area (TPSA) is 43.6 Å². The van der Waals surface area contributed by atoms with E-state index in [2.05, 4.69) is 19.7 Å². The first-order valence-corrected chi connectivity index (χ1v) is 6.01. The minimum Gasteiger partial charge on any atom is -0.309 e. The van der Waals surface area contributed by atoms with Crippen molar-refractivity contribution in [1.29, 1.82) is 0 Å². The van der Waals surface area contributed by atoms with Crippen molar-refractivity contribution in [2.24, 2.45) is 0 Å². The Hall–Kier alpha value is -1.36. The second-order valence-electron chi connectivity index (χ2n) is 3.39. The molecule has 15 heavy (non-hydrogen) atoms. The van der Waals surface area contributed by atoms with E-state index in [1.165, 1.54) is 0 Å². The molecule has 0 amide bonds. The quantitative estimate of drug-likeness (QED) is 0.729. The summed E-state index contributed by atoms with van der Waals surface area (Å²) in [5.74, 6) is 4.12. The molecule has 2 aromatic heterocycles. The lowest BCUT2D eigenvalue weighted by Crippen LogP contribution is -2.11. The summed E-state index contributed by atoms with van der Waals surface area (Å²) in [5.41, 5.74) is 1.04. The maximum Gasteiger partial charge on any atom is 0.165 e. The van der Waals surface area contributed by atoms with Gasteiger partial charge in [0.05, 0.1) is 5.75 Å². The lowest BCUT2D eigenvalue weighted by atomic mass is 10.2. The van der Waals surface area contributed by atoms with E-state index in [-0.39, 0.29) is 0 Å². The van der Waals surface area contributed by atoms with Gasteiger partial charge in [0.2, 0.25) is 0 Å². The maximum absolute atomic E-state index is 4.23. The van der Waals surface area contributed by atoms with E-state index in [9.17, 15) is 0 Å². The van der Waals surface area contributed by atoms with Crippen molar-refractivity contribution in [2.75, 3.05) is 5.75 Å². The molecule has 0 spiro atoms. The summed E-state index contributed by atoms with van der Waals surface area (Å²) in [7, 11) is 0. The molecule has 3 rings (SSSR count). The Morgan fingerprint density at radius 2 is 2.33 bits per heavy atom. The third-order valence-corrected chi connectivity index (χ3v) is 3.37. The first kappa shape index (κ1) is 8.91. The van der Waals surface area contributed by atoms with Crippen LogP contribution in [0.4, 0.5) is 0 Å². The molecule has 4 nitrogen and oxygen atoms in total. The third kappa shape index (κ3) is 1.52. The molecule has 76 valence electrons. The summed E-state index contributed by atoms with van der Waals surface area (Å²) < 4.78 is 2.19. The molecule has 0 aliphatic carbocycles. The van der Waals surface area contributed by atoms with E-state index < -0.39 is 0 Å². The van der Waals surface area contributed by atoms with Gasteiger partial charge in [-0.05, 0) is 12.1 Å². The number of thioether (sulfide) groups is 1. The van der Waals surface area contributed by atoms with E-state index in [1.807, 2.05) is 30.1 Å². The van der Waals surface area contributed by atoms with Gasteiger partial charge in [-0.25, -0.2) is 0 Å². The van der Waals surface area contributed by atoms with Crippen molar-refractivity contribution in [3.05, 3.63) is 30.4 Å². The van der Waals surface area contributed by atoms with Gasteiger partial charge in [0.1, 0.15) is 5.82 Å².